The number of carbonyl (C=O) groups is 2. The first-order chi connectivity index (χ1) is 15.8. The number of nitrogens with zero attached hydrogens (tertiary/aromatic N) is 1. The summed E-state index contributed by atoms with van der Waals surface area (Å²) in [7, 11) is 4.98. The number of likely N-dealkylation sites (N-methyl/N-ethyl adjacent to an activating group) is 1. The minimum absolute atomic E-state index is 0.114. The molecule has 0 aliphatic rings. The minimum atomic E-state index is -0.648. The van der Waals surface area contributed by atoms with Crippen molar-refractivity contribution in [1.29, 1.82) is 0 Å². The highest BCUT2D eigenvalue weighted by atomic mass is 16.5. The maximum absolute atomic E-state index is 13.0. The molecule has 3 aromatic rings. The summed E-state index contributed by atoms with van der Waals surface area (Å²) in [5, 5.41) is 1.73. The number of benzene rings is 3. The molecule has 0 spiro atoms. The van der Waals surface area contributed by atoms with Gasteiger partial charge in [-0.3, -0.25) is 9.59 Å². The Morgan fingerprint density at radius 3 is 2.33 bits per heavy atom. The maximum atomic E-state index is 13.0. The summed E-state index contributed by atoms with van der Waals surface area (Å²) in [5.74, 6) is 1.46. The summed E-state index contributed by atoms with van der Waals surface area (Å²) in [6.07, 6.45) is 2.63. The standard InChI is InChI=1S/C27H29NO5/c1-6-32-26-17-19(12-15-25(26)33-18(2)27(30)28(3)4)11-14-23(29)21-13-16-24(31-5)22-10-8-7-9-20(21)22/h7-18H,6H2,1-5H3/b14-11+. The number of hydrogen-bond donors (Lipinski definition) is 0. The average molecular weight is 448 g/mol. The Balaban J connectivity index is 1.85. The molecule has 6 heteroatoms. The van der Waals surface area contributed by atoms with Crippen molar-refractivity contribution in [2.75, 3.05) is 27.8 Å². The van der Waals surface area contributed by atoms with Gasteiger partial charge in [-0.25, -0.2) is 0 Å². The molecule has 0 heterocycles. The fourth-order valence-electron chi connectivity index (χ4n) is 3.52. The zero-order valence-electron chi connectivity index (χ0n) is 19.6. The summed E-state index contributed by atoms with van der Waals surface area (Å²) >= 11 is 0. The van der Waals surface area contributed by atoms with Gasteiger partial charge in [0.2, 0.25) is 0 Å². The van der Waals surface area contributed by atoms with E-state index in [0.717, 1.165) is 22.1 Å². The van der Waals surface area contributed by atoms with Crippen LogP contribution in [0.4, 0.5) is 0 Å². The van der Waals surface area contributed by atoms with Gasteiger partial charge in [0.15, 0.2) is 23.4 Å². The Hall–Kier alpha value is -3.80. The lowest BCUT2D eigenvalue weighted by Crippen LogP contribution is -2.35. The minimum Gasteiger partial charge on any atom is -0.496 e. The highest BCUT2D eigenvalue weighted by Crippen LogP contribution is 2.31. The molecular formula is C27H29NO5. The monoisotopic (exact) mass is 447 g/mol. The highest BCUT2D eigenvalue weighted by Gasteiger charge is 2.19. The van der Waals surface area contributed by atoms with E-state index in [0.29, 0.717) is 23.7 Å². The first kappa shape index (κ1) is 23.9. The topological polar surface area (TPSA) is 65.1 Å². The molecule has 0 saturated carbocycles. The number of carbonyl (C=O) groups excluding carboxylic acids is 2. The first-order valence-electron chi connectivity index (χ1n) is 10.8. The molecule has 1 unspecified atom stereocenters. The van der Waals surface area contributed by atoms with E-state index < -0.39 is 6.10 Å². The molecule has 3 aromatic carbocycles. The smallest absolute Gasteiger partial charge is 0.262 e. The summed E-state index contributed by atoms with van der Waals surface area (Å²) in [4.78, 5) is 26.6. The third kappa shape index (κ3) is 5.52. The Morgan fingerprint density at radius 2 is 1.67 bits per heavy atom. The van der Waals surface area contributed by atoms with Gasteiger partial charge in [0.25, 0.3) is 5.91 Å². The Labute approximate surface area is 194 Å². The third-order valence-electron chi connectivity index (χ3n) is 5.16. The number of ether oxygens (including phenoxy) is 3. The van der Waals surface area contributed by atoms with Crippen LogP contribution >= 0.6 is 0 Å². The van der Waals surface area contributed by atoms with Crippen molar-refractivity contribution in [3.8, 4) is 17.2 Å². The zero-order chi connectivity index (χ0) is 24.0. The molecule has 172 valence electrons. The second kappa shape index (κ2) is 10.7. The molecule has 1 atom stereocenters. The second-order valence-corrected chi connectivity index (χ2v) is 7.69. The fraction of sp³-hybridized carbons (Fsp3) is 0.259. The first-order valence-corrected chi connectivity index (χ1v) is 10.8. The van der Waals surface area contributed by atoms with Crippen LogP contribution in [0.2, 0.25) is 0 Å². The quantitative estimate of drug-likeness (QED) is 0.341. The number of hydrogen-bond acceptors (Lipinski definition) is 5. The lowest BCUT2D eigenvalue weighted by Gasteiger charge is -2.20. The number of rotatable bonds is 9. The van der Waals surface area contributed by atoms with Crippen molar-refractivity contribution in [1.82, 2.24) is 4.90 Å². The van der Waals surface area contributed by atoms with Crippen LogP contribution in [-0.4, -0.2) is 50.5 Å². The van der Waals surface area contributed by atoms with E-state index in [4.69, 9.17) is 14.2 Å². The van der Waals surface area contributed by atoms with Crippen LogP contribution in [0.1, 0.15) is 29.8 Å². The van der Waals surface area contributed by atoms with Gasteiger partial charge in [-0.2, -0.15) is 0 Å². The lowest BCUT2D eigenvalue weighted by molar-refractivity contribution is -0.135. The molecule has 0 saturated heterocycles. The van der Waals surface area contributed by atoms with Gasteiger partial charge in [0, 0.05) is 25.0 Å². The number of allylic oxidation sites excluding steroid dienone is 1. The normalized spacial score (nSPS) is 11.9. The Bertz CT molecular complexity index is 1180. The van der Waals surface area contributed by atoms with Crippen LogP contribution in [-0.2, 0) is 4.79 Å². The Morgan fingerprint density at radius 1 is 0.970 bits per heavy atom. The number of amides is 1. The molecule has 0 aromatic heterocycles. The van der Waals surface area contributed by atoms with Crippen molar-refractivity contribution >= 4 is 28.5 Å². The second-order valence-electron chi connectivity index (χ2n) is 7.69. The van der Waals surface area contributed by atoms with Crippen molar-refractivity contribution in [3.05, 3.63) is 71.8 Å². The van der Waals surface area contributed by atoms with E-state index in [1.165, 1.54) is 11.0 Å². The number of ketones is 1. The van der Waals surface area contributed by atoms with Crippen LogP contribution in [0.15, 0.2) is 60.7 Å². The van der Waals surface area contributed by atoms with E-state index in [1.54, 1.807) is 58.5 Å². The Kier molecular flexibility index (Phi) is 7.72. The molecule has 33 heavy (non-hydrogen) atoms. The van der Waals surface area contributed by atoms with E-state index in [1.807, 2.05) is 37.3 Å². The van der Waals surface area contributed by atoms with E-state index in [-0.39, 0.29) is 11.7 Å². The van der Waals surface area contributed by atoms with Gasteiger partial charge in [-0.15, -0.1) is 0 Å². The van der Waals surface area contributed by atoms with E-state index >= 15 is 0 Å². The average Bonchev–Trinajstić information content (AvgIpc) is 2.82. The number of fused-ring (bicyclic) bond motifs is 1. The van der Waals surface area contributed by atoms with Crippen LogP contribution in [0.3, 0.4) is 0 Å². The summed E-state index contributed by atoms with van der Waals surface area (Å²) in [6.45, 7) is 4.01. The molecule has 1 amide bonds. The molecule has 0 aliphatic heterocycles. The van der Waals surface area contributed by atoms with Crippen molar-refractivity contribution in [3.63, 3.8) is 0 Å². The molecule has 0 N–H and O–H groups in total. The van der Waals surface area contributed by atoms with Gasteiger partial charge < -0.3 is 19.1 Å². The summed E-state index contributed by atoms with van der Waals surface area (Å²) < 4.78 is 16.9. The maximum Gasteiger partial charge on any atom is 0.262 e. The summed E-state index contributed by atoms with van der Waals surface area (Å²) in [5.41, 5.74) is 1.38. The highest BCUT2D eigenvalue weighted by molar-refractivity contribution is 6.15. The van der Waals surface area contributed by atoms with Gasteiger partial charge in [0.05, 0.1) is 13.7 Å². The predicted octanol–water partition coefficient (Wildman–Crippen LogP) is 5.00. The van der Waals surface area contributed by atoms with Crippen molar-refractivity contribution in [2.45, 2.75) is 20.0 Å². The molecule has 6 nitrogen and oxygen atoms in total. The predicted molar refractivity (Wildman–Crippen MR) is 130 cm³/mol. The molecule has 0 radical (unpaired) electrons. The van der Waals surface area contributed by atoms with E-state index in [9.17, 15) is 9.59 Å². The fourth-order valence-corrected chi connectivity index (χ4v) is 3.52. The lowest BCUT2D eigenvalue weighted by atomic mass is 10.00. The molecule has 3 rings (SSSR count). The van der Waals surface area contributed by atoms with Crippen LogP contribution in [0, 0.1) is 0 Å². The van der Waals surface area contributed by atoms with Crippen LogP contribution in [0.25, 0.3) is 16.8 Å². The molecule has 0 bridgehead atoms. The van der Waals surface area contributed by atoms with Crippen molar-refractivity contribution < 1.29 is 23.8 Å². The van der Waals surface area contributed by atoms with Gasteiger partial charge in [-0.05, 0) is 55.1 Å². The van der Waals surface area contributed by atoms with Gasteiger partial charge in [0.1, 0.15) is 5.75 Å². The molecule has 0 fully saturated rings. The van der Waals surface area contributed by atoms with Crippen molar-refractivity contribution in [2.24, 2.45) is 0 Å². The SMILES string of the molecule is CCOc1cc(/C=C/C(=O)c2ccc(OC)c3ccccc23)ccc1OC(C)C(=O)N(C)C. The largest absolute Gasteiger partial charge is 0.496 e. The van der Waals surface area contributed by atoms with Crippen LogP contribution < -0.4 is 14.2 Å². The van der Waals surface area contributed by atoms with Crippen LogP contribution in [0.5, 0.6) is 17.2 Å². The van der Waals surface area contributed by atoms with Gasteiger partial charge in [-0.1, -0.05) is 36.4 Å². The molecule has 0 aliphatic carbocycles. The van der Waals surface area contributed by atoms with E-state index in [2.05, 4.69) is 0 Å². The zero-order valence-corrected chi connectivity index (χ0v) is 19.6. The number of methoxy groups -OCH3 is 1. The third-order valence-corrected chi connectivity index (χ3v) is 5.16. The van der Waals surface area contributed by atoms with Gasteiger partial charge >= 0.3 is 0 Å². The molecular weight excluding hydrogens is 418 g/mol. The summed E-state index contributed by atoms with van der Waals surface area (Å²) in [6, 6.07) is 16.6.